The molecular weight excluding hydrogens is 552 g/mol. The van der Waals surface area contributed by atoms with Gasteiger partial charge in [-0.3, -0.25) is 14.4 Å². The Kier molecular flexibility index (Phi) is 7.22. The fraction of sp³-hybridized carbons (Fsp3) is 0.706. The molecule has 11 atom stereocenters. The fourth-order valence-electron chi connectivity index (χ4n) is 10.4. The standard InChI is InChI=1S/C34H44O9/c1-15(9-8-10-40-20(6)35)26-16(2)11-25-28(29(26)37)34(32(39)43-25)14-33-17(3)12-24-22(18(4)31(38)42-24)13-23(33)19(5)27(34)30(33)41-21(7)36/h15,17,22,24-25,27-30,37H,4,8-14H2,1-3,5-7H3/t15-,17-,22+,24-,25+,27+,28+,29+,30?,33-,34+/m1/s1. The topological polar surface area (TPSA) is 125 Å². The molecule has 4 fully saturated rings. The molecule has 2 saturated carbocycles. The van der Waals surface area contributed by atoms with Crippen molar-refractivity contribution in [3.8, 4) is 0 Å². The summed E-state index contributed by atoms with van der Waals surface area (Å²) in [6, 6.07) is 0. The van der Waals surface area contributed by atoms with Crippen LogP contribution in [0.15, 0.2) is 34.4 Å². The van der Waals surface area contributed by atoms with Gasteiger partial charge in [-0.25, -0.2) is 4.79 Å². The summed E-state index contributed by atoms with van der Waals surface area (Å²) in [5, 5.41) is 12.2. The smallest absolute Gasteiger partial charge is 0.334 e. The minimum absolute atomic E-state index is 0.0179. The van der Waals surface area contributed by atoms with Gasteiger partial charge in [0.25, 0.3) is 0 Å². The Labute approximate surface area is 253 Å². The lowest BCUT2D eigenvalue weighted by Crippen LogP contribution is -2.50. The number of aliphatic hydroxyl groups excluding tert-OH is 1. The zero-order valence-corrected chi connectivity index (χ0v) is 26.1. The number of ether oxygens (including phenoxy) is 4. The first-order chi connectivity index (χ1) is 20.2. The summed E-state index contributed by atoms with van der Waals surface area (Å²) in [6.45, 7) is 15.4. The third-order valence-corrected chi connectivity index (χ3v) is 12.0. The molecule has 43 heavy (non-hydrogen) atoms. The van der Waals surface area contributed by atoms with Gasteiger partial charge in [0.2, 0.25) is 0 Å². The summed E-state index contributed by atoms with van der Waals surface area (Å²) in [6.07, 6.45) is 1.25. The monoisotopic (exact) mass is 596 g/mol. The first-order valence-corrected chi connectivity index (χ1v) is 15.7. The quantitative estimate of drug-likeness (QED) is 0.156. The van der Waals surface area contributed by atoms with Crippen LogP contribution in [0.4, 0.5) is 0 Å². The molecule has 0 aromatic heterocycles. The van der Waals surface area contributed by atoms with Crippen molar-refractivity contribution in [2.75, 3.05) is 6.61 Å². The molecule has 0 amide bonds. The molecule has 0 aromatic carbocycles. The minimum atomic E-state index is -1.05. The predicted octanol–water partition coefficient (Wildman–Crippen LogP) is 4.37. The molecule has 4 aliphatic carbocycles. The molecule has 2 heterocycles. The van der Waals surface area contributed by atoms with Crippen LogP contribution >= 0.6 is 0 Å². The Morgan fingerprint density at radius 2 is 1.81 bits per heavy atom. The predicted molar refractivity (Wildman–Crippen MR) is 154 cm³/mol. The van der Waals surface area contributed by atoms with E-state index in [4.69, 9.17) is 18.9 Å². The molecule has 0 radical (unpaired) electrons. The Hall–Kier alpha value is -2.94. The molecule has 2 bridgehead atoms. The van der Waals surface area contributed by atoms with Crippen molar-refractivity contribution in [2.24, 2.45) is 40.4 Å². The van der Waals surface area contributed by atoms with E-state index in [1.807, 2.05) is 13.8 Å². The highest BCUT2D eigenvalue weighted by atomic mass is 16.6. The van der Waals surface area contributed by atoms with Crippen molar-refractivity contribution in [3.63, 3.8) is 0 Å². The van der Waals surface area contributed by atoms with Crippen LogP contribution in [-0.2, 0) is 38.1 Å². The van der Waals surface area contributed by atoms with Gasteiger partial charge in [0.1, 0.15) is 18.3 Å². The third-order valence-electron chi connectivity index (χ3n) is 12.0. The molecule has 0 aromatic rings. The number of carbonyl (C=O) groups is 4. The number of rotatable bonds is 6. The van der Waals surface area contributed by atoms with E-state index in [-0.39, 0.29) is 41.8 Å². The van der Waals surface area contributed by atoms with Crippen LogP contribution in [-0.4, -0.2) is 60.0 Å². The number of hydrogen-bond acceptors (Lipinski definition) is 9. The summed E-state index contributed by atoms with van der Waals surface area (Å²) in [5.74, 6) is -2.51. The van der Waals surface area contributed by atoms with Gasteiger partial charge < -0.3 is 24.1 Å². The highest BCUT2D eigenvalue weighted by Gasteiger charge is 2.79. The average molecular weight is 597 g/mol. The second kappa shape index (κ2) is 10.3. The van der Waals surface area contributed by atoms with E-state index < -0.39 is 46.9 Å². The van der Waals surface area contributed by atoms with Crippen molar-refractivity contribution in [1.82, 2.24) is 0 Å². The van der Waals surface area contributed by atoms with E-state index in [1.54, 1.807) is 0 Å². The Balaban J connectivity index is 1.40. The third kappa shape index (κ3) is 4.12. The maximum absolute atomic E-state index is 14.2. The second-order valence-electron chi connectivity index (χ2n) is 14.1. The molecular formula is C34H44O9. The molecule has 9 nitrogen and oxygen atoms in total. The molecule has 2 aliphatic heterocycles. The maximum atomic E-state index is 14.2. The zero-order valence-electron chi connectivity index (χ0n) is 26.1. The number of aliphatic hydroxyl groups is 1. The van der Waals surface area contributed by atoms with Crippen molar-refractivity contribution >= 4 is 23.9 Å². The second-order valence-corrected chi connectivity index (χ2v) is 14.1. The first-order valence-electron chi connectivity index (χ1n) is 15.7. The van der Waals surface area contributed by atoms with Gasteiger partial charge in [0.05, 0.1) is 18.1 Å². The van der Waals surface area contributed by atoms with E-state index in [1.165, 1.54) is 13.8 Å². The van der Waals surface area contributed by atoms with Gasteiger partial charge in [-0.05, 0) is 63.4 Å². The van der Waals surface area contributed by atoms with Gasteiger partial charge in [-0.2, -0.15) is 0 Å². The highest BCUT2D eigenvalue weighted by Crippen LogP contribution is 2.76. The number of hydrogen-bond donors (Lipinski definition) is 1. The Morgan fingerprint density at radius 1 is 1.09 bits per heavy atom. The lowest BCUT2D eigenvalue weighted by molar-refractivity contribution is -0.156. The van der Waals surface area contributed by atoms with Crippen molar-refractivity contribution < 1.29 is 43.2 Å². The minimum Gasteiger partial charge on any atom is -0.466 e. The summed E-state index contributed by atoms with van der Waals surface area (Å²) in [4.78, 5) is 50.6. The fourth-order valence-corrected chi connectivity index (χ4v) is 10.4. The van der Waals surface area contributed by atoms with Crippen LogP contribution in [0.25, 0.3) is 0 Å². The average Bonchev–Trinajstić information content (AvgIpc) is 3.49. The van der Waals surface area contributed by atoms with Gasteiger partial charge in [-0.1, -0.05) is 37.1 Å². The molecule has 234 valence electrons. The van der Waals surface area contributed by atoms with Crippen LogP contribution in [0.1, 0.15) is 80.1 Å². The van der Waals surface area contributed by atoms with E-state index in [2.05, 4.69) is 20.4 Å². The summed E-state index contributed by atoms with van der Waals surface area (Å²) in [5.41, 5.74) is 2.89. The molecule has 2 saturated heterocycles. The van der Waals surface area contributed by atoms with Crippen LogP contribution in [0.2, 0.25) is 0 Å². The summed E-state index contributed by atoms with van der Waals surface area (Å²) < 4.78 is 23.3. The SMILES string of the molecule is C=C1C(=O)O[C@@H]2C[C@@H](C)[C@]34C[C@]5(C(=O)O[C@H]6CC(C)=C([C@H](C)CCCOC(C)=O)[C@H](O)[C@H]65)[C@@H](C(C)=C3C[C@@H]12)C4OC(C)=O. The number of esters is 4. The molecule has 1 N–H and O–H groups in total. The number of carbonyl (C=O) groups excluding carboxylic acids is 4. The first kappa shape index (κ1) is 30.1. The van der Waals surface area contributed by atoms with Crippen molar-refractivity contribution in [3.05, 3.63) is 34.4 Å². The molecule has 1 unspecified atom stereocenters. The Bertz CT molecular complexity index is 1360. The van der Waals surface area contributed by atoms with E-state index in [0.29, 0.717) is 44.3 Å². The zero-order chi connectivity index (χ0) is 31.2. The Morgan fingerprint density at radius 3 is 2.49 bits per heavy atom. The normalized spacial score (nSPS) is 41.9. The van der Waals surface area contributed by atoms with E-state index in [0.717, 1.165) is 28.7 Å². The van der Waals surface area contributed by atoms with E-state index >= 15 is 0 Å². The summed E-state index contributed by atoms with van der Waals surface area (Å²) >= 11 is 0. The molecule has 2 spiro atoms. The number of fused-ring (bicyclic) bond motifs is 5. The van der Waals surface area contributed by atoms with E-state index in [9.17, 15) is 24.3 Å². The van der Waals surface area contributed by atoms with Crippen molar-refractivity contribution in [1.29, 1.82) is 0 Å². The van der Waals surface area contributed by atoms with Gasteiger partial charge in [0, 0.05) is 49.0 Å². The van der Waals surface area contributed by atoms with Crippen LogP contribution in [0.3, 0.4) is 0 Å². The molecule has 9 heteroatoms. The van der Waals surface area contributed by atoms with Crippen LogP contribution in [0, 0.1) is 40.4 Å². The van der Waals surface area contributed by atoms with Crippen molar-refractivity contribution in [2.45, 2.75) is 104 Å². The lowest BCUT2D eigenvalue weighted by Gasteiger charge is -2.45. The van der Waals surface area contributed by atoms with Crippen LogP contribution < -0.4 is 0 Å². The largest absolute Gasteiger partial charge is 0.466 e. The van der Waals surface area contributed by atoms with Gasteiger partial charge in [-0.15, -0.1) is 0 Å². The summed E-state index contributed by atoms with van der Waals surface area (Å²) in [7, 11) is 0. The highest BCUT2D eigenvalue weighted by molar-refractivity contribution is 5.91. The van der Waals surface area contributed by atoms with Gasteiger partial charge >= 0.3 is 23.9 Å². The molecule has 6 rings (SSSR count). The lowest BCUT2D eigenvalue weighted by atomic mass is 9.55. The maximum Gasteiger partial charge on any atom is 0.334 e. The van der Waals surface area contributed by atoms with Crippen LogP contribution in [0.5, 0.6) is 0 Å². The van der Waals surface area contributed by atoms with Gasteiger partial charge in [0.15, 0.2) is 0 Å². The molecule has 6 aliphatic rings.